The predicted molar refractivity (Wildman–Crippen MR) is 142 cm³/mol. The third-order valence-corrected chi connectivity index (χ3v) is 8.09. The molecule has 38 heavy (non-hydrogen) atoms. The maximum atomic E-state index is 13.7. The van der Waals surface area contributed by atoms with Gasteiger partial charge < -0.3 is 19.6 Å². The first-order chi connectivity index (χ1) is 18.5. The first-order valence-corrected chi connectivity index (χ1v) is 13.7. The van der Waals surface area contributed by atoms with Crippen LogP contribution in [0.1, 0.15) is 49.7 Å². The van der Waals surface area contributed by atoms with Crippen LogP contribution in [0.4, 0.5) is 5.69 Å². The predicted octanol–water partition coefficient (Wildman–Crippen LogP) is 2.94. The number of anilines is 1. The van der Waals surface area contributed by atoms with Gasteiger partial charge in [0, 0.05) is 57.2 Å². The summed E-state index contributed by atoms with van der Waals surface area (Å²) in [6, 6.07) is 9.17. The Bertz CT molecular complexity index is 1170. The van der Waals surface area contributed by atoms with Crippen LogP contribution in [0.25, 0.3) is 0 Å². The number of carboxylic acid groups (broad SMARTS) is 1. The summed E-state index contributed by atoms with van der Waals surface area (Å²) in [5.74, 6) is -1.10. The maximum Gasteiger partial charge on any atom is 0.308 e. The van der Waals surface area contributed by atoms with Gasteiger partial charge in [-0.2, -0.15) is 0 Å². The number of carboxylic acids is 1. The third kappa shape index (κ3) is 5.38. The average Bonchev–Trinajstić information content (AvgIpc) is 3.64. The van der Waals surface area contributed by atoms with E-state index in [0.29, 0.717) is 39.2 Å². The lowest BCUT2D eigenvalue weighted by Crippen LogP contribution is -2.49. The fraction of sp³-hybridized carbons (Fsp3) is 0.517. The van der Waals surface area contributed by atoms with Crippen molar-refractivity contribution in [1.82, 2.24) is 14.8 Å². The van der Waals surface area contributed by atoms with Gasteiger partial charge in [0.05, 0.1) is 31.0 Å². The van der Waals surface area contributed by atoms with Crippen molar-refractivity contribution in [2.24, 2.45) is 5.92 Å². The molecule has 3 aliphatic rings. The number of fused-ring (bicyclic) bond motifs is 1. The number of aromatic nitrogens is 1. The minimum atomic E-state index is -0.895. The molecule has 3 atom stereocenters. The second-order valence-corrected chi connectivity index (χ2v) is 10.5. The lowest BCUT2D eigenvalue weighted by atomic mass is 9.84. The molecule has 0 bridgehead atoms. The van der Waals surface area contributed by atoms with E-state index in [4.69, 9.17) is 4.74 Å². The van der Waals surface area contributed by atoms with Crippen LogP contribution in [0, 0.1) is 5.92 Å². The molecule has 2 amide bonds. The van der Waals surface area contributed by atoms with Crippen molar-refractivity contribution in [2.45, 2.75) is 51.0 Å². The van der Waals surface area contributed by atoms with Crippen LogP contribution >= 0.6 is 0 Å². The van der Waals surface area contributed by atoms with Crippen molar-refractivity contribution >= 4 is 23.5 Å². The third-order valence-electron chi connectivity index (χ3n) is 8.09. The zero-order valence-corrected chi connectivity index (χ0v) is 21.9. The Kier molecular flexibility index (Phi) is 7.93. The molecule has 0 aliphatic carbocycles. The highest BCUT2D eigenvalue weighted by atomic mass is 16.5. The Labute approximate surface area is 223 Å². The fourth-order valence-electron chi connectivity index (χ4n) is 6.10. The highest BCUT2D eigenvalue weighted by Crippen LogP contribution is 2.40. The molecule has 1 unspecified atom stereocenters. The Morgan fingerprint density at radius 2 is 2.11 bits per heavy atom. The SMILES string of the molecule is CCCCN(C(=O)CN1C[C@H](c2ccc3c(c2)CCO3)C(C(=O)O)[C@@H]1CN1CCCC1=O)c1cccnc1. The molecule has 2 fully saturated rings. The van der Waals surface area contributed by atoms with Gasteiger partial charge >= 0.3 is 5.97 Å². The number of benzene rings is 1. The van der Waals surface area contributed by atoms with Crippen LogP contribution in [0.15, 0.2) is 42.7 Å². The number of carbonyl (C=O) groups excluding carboxylic acids is 2. The lowest BCUT2D eigenvalue weighted by Gasteiger charge is -2.32. The molecule has 4 heterocycles. The number of unbranched alkanes of at least 4 members (excludes halogenated alkanes) is 1. The minimum Gasteiger partial charge on any atom is -0.493 e. The smallest absolute Gasteiger partial charge is 0.308 e. The Morgan fingerprint density at radius 3 is 2.82 bits per heavy atom. The van der Waals surface area contributed by atoms with Crippen molar-refractivity contribution in [3.05, 3.63) is 53.9 Å². The highest BCUT2D eigenvalue weighted by molar-refractivity contribution is 5.94. The largest absolute Gasteiger partial charge is 0.493 e. The number of aliphatic carboxylic acids is 1. The Hall–Kier alpha value is -3.46. The number of ether oxygens (including phenoxy) is 1. The number of amides is 2. The van der Waals surface area contributed by atoms with E-state index >= 15 is 0 Å². The first-order valence-electron chi connectivity index (χ1n) is 13.7. The van der Waals surface area contributed by atoms with E-state index in [0.717, 1.165) is 48.2 Å². The Morgan fingerprint density at radius 1 is 1.24 bits per heavy atom. The van der Waals surface area contributed by atoms with Crippen LogP contribution in [0.2, 0.25) is 0 Å². The second-order valence-electron chi connectivity index (χ2n) is 10.5. The second kappa shape index (κ2) is 11.5. The van der Waals surface area contributed by atoms with E-state index in [9.17, 15) is 19.5 Å². The van der Waals surface area contributed by atoms with Gasteiger partial charge in [0.1, 0.15) is 5.75 Å². The summed E-state index contributed by atoms with van der Waals surface area (Å²) >= 11 is 0. The molecule has 0 radical (unpaired) electrons. The number of pyridine rings is 1. The first kappa shape index (κ1) is 26.2. The standard InChI is InChI=1S/C29H36N4O5/c1-2-3-13-33(22-6-4-11-30-16-22)27(35)19-32-17-23(20-8-9-25-21(15-20)10-14-38-25)28(29(36)37)24(32)18-31-12-5-7-26(31)34/h4,6,8-9,11,15-16,23-24,28H,2-3,5,7,10,12-14,17-19H2,1H3,(H,36,37)/t23-,24+,28?/m1/s1. The summed E-state index contributed by atoms with van der Waals surface area (Å²) in [6.45, 7) is 4.75. The van der Waals surface area contributed by atoms with Crippen molar-refractivity contribution in [1.29, 1.82) is 0 Å². The molecule has 1 N–H and O–H groups in total. The molecule has 9 heteroatoms. The number of likely N-dealkylation sites (tertiary alicyclic amines) is 2. The molecule has 0 spiro atoms. The molecule has 2 saturated heterocycles. The maximum absolute atomic E-state index is 13.7. The van der Waals surface area contributed by atoms with Gasteiger partial charge in [0.25, 0.3) is 0 Å². The average molecular weight is 521 g/mol. The molecule has 1 aromatic carbocycles. The van der Waals surface area contributed by atoms with Crippen LogP contribution in [-0.4, -0.2) is 83.0 Å². The van der Waals surface area contributed by atoms with Gasteiger partial charge in [0.15, 0.2) is 0 Å². The van der Waals surface area contributed by atoms with Gasteiger partial charge in [0.2, 0.25) is 11.8 Å². The Balaban J connectivity index is 1.44. The molecular weight excluding hydrogens is 484 g/mol. The molecule has 9 nitrogen and oxygen atoms in total. The summed E-state index contributed by atoms with van der Waals surface area (Å²) in [5.41, 5.74) is 2.78. The quantitative estimate of drug-likeness (QED) is 0.514. The van der Waals surface area contributed by atoms with Gasteiger partial charge in [-0.25, -0.2) is 0 Å². The topological polar surface area (TPSA) is 103 Å². The van der Waals surface area contributed by atoms with Crippen LogP contribution in [-0.2, 0) is 20.8 Å². The van der Waals surface area contributed by atoms with Crippen LogP contribution < -0.4 is 9.64 Å². The van der Waals surface area contributed by atoms with E-state index < -0.39 is 17.9 Å². The number of rotatable bonds is 10. The summed E-state index contributed by atoms with van der Waals surface area (Å²) in [4.78, 5) is 48.7. The minimum absolute atomic E-state index is 0.0541. The highest BCUT2D eigenvalue weighted by Gasteiger charge is 2.48. The number of carbonyl (C=O) groups is 3. The van der Waals surface area contributed by atoms with Gasteiger partial charge in [-0.15, -0.1) is 0 Å². The normalized spacial score (nSPS) is 22.9. The number of hydrogen-bond acceptors (Lipinski definition) is 6. The van der Waals surface area contributed by atoms with Crippen LogP contribution in [0.5, 0.6) is 5.75 Å². The molecule has 2 aromatic rings. The molecule has 1 aromatic heterocycles. The number of nitrogens with zero attached hydrogens (tertiary/aromatic N) is 4. The van der Waals surface area contributed by atoms with Gasteiger partial charge in [-0.3, -0.25) is 24.3 Å². The monoisotopic (exact) mass is 520 g/mol. The fourth-order valence-corrected chi connectivity index (χ4v) is 6.10. The number of hydrogen-bond donors (Lipinski definition) is 1. The van der Waals surface area contributed by atoms with Crippen molar-refractivity contribution in [3.8, 4) is 5.75 Å². The molecular formula is C29H36N4O5. The van der Waals surface area contributed by atoms with Gasteiger partial charge in [-0.05, 0) is 42.2 Å². The van der Waals surface area contributed by atoms with E-state index in [1.54, 1.807) is 22.2 Å². The van der Waals surface area contributed by atoms with E-state index in [-0.39, 0.29) is 24.3 Å². The molecule has 0 saturated carbocycles. The van der Waals surface area contributed by atoms with Crippen molar-refractivity contribution < 1.29 is 24.2 Å². The molecule has 202 valence electrons. The van der Waals surface area contributed by atoms with Crippen molar-refractivity contribution in [3.63, 3.8) is 0 Å². The van der Waals surface area contributed by atoms with Crippen LogP contribution in [0.3, 0.4) is 0 Å². The molecule has 5 rings (SSSR count). The summed E-state index contributed by atoms with van der Waals surface area (Å²) in [6.07, 6.45) is 7.24. The molecule has 3 aliphatic heterocycles. The summed E-state index contributed by atoms with van der Waals surface area (Å²) in [7, 11) is 0. The zero-order chi connectivity index (χ0) is 26.6. The van der Waals surface area contributed by atoms with E-state index in [1.807, 2.05) is 29.2 Å². The zero-order valence-electron chi connectivity index (χ0n) is 21.9. The van der Waals surface area contributed by atoms with Gasteiger partial charge in [-0.1, -0.05) is 25.5 Å². The lowest BCUT2D eigenvalue weighted by molar-refractivity contribution is -0.144. The summed E-state index contributed by atoms with van der Waals surface area (Å²) in [5, 5.41) is 10.4. The van der Waals surface area contributed by atoms with E-state index in [2.05, 4.69) is 18.0 Å². The van der Waals surface area contributed by atoms with Crippen molar-refractivity contribution in [2.75, 3.05) is 44.2 Å². The van der Waals surface area contributed by atoms with E-state index in [1.165, 1.54) is 0 Å². The summed E-state index contributed by atoms with van der Waals surface area (Å²) < 4.78 is 5.66.